The lowest BCUT2D eigenvalue weighted by Crippen LogP contribution is -2.56. The van der Waals surface area contributed by atoms with Crippen molar-refractivity contribution in [2.24, 2.45) is 23.5 Å². The highest BCUT2D eigenvalue weighted by atomic mass is 32.2. The normalized spacial score (nSPS) is 31.2. The minimum Gasteiger partial charge on any atom is -0.384 e. The van der Waals surface area contributed by atoms with Crippen molar-refractivity contribution in [3.63, 3.8) is 0 Å². The Balaban J connectivity index is 1.68. The largest absolute Gasteiger partial charge is 0.384 e. The number of piperidine rings is 1. The number of hydrogen-bond donors (Lipinski definition) is 2. The number of hydrogen-bond acceptors (Lipinski definition) is 6. The SMILES string of the molecule is CCC(CC)CN(CCN1C2CCC1CC(C1(O)C=CC=CC1C(N)=O)C2)C(=O)CS(C)(=O)=O. The number of carbonyl (C=O) groups is 2. The molecule has 4 atom stereocenters. The molecule has 3 N–H and O–H groups in total. The van der Waals surface area contributed by atoms with Crippen molar-refractivity contribution in [3.05, 3.63) is 24.3 Å². The number of sulfone groups is 1. The van der Waals surface area contributed by atoms with Crippen LogP contribution in [-0.4, -0.2) is 84.5 Å². The van der Waals surface area contributed by atoms with E-state index in [0.29, 0.717) is 25.6 Å². The number of fused-ring (bicyclic) bond motifs is 2. The molecule has 2 aliphatic heterocycles. The molecule has 0 aromatic rings. The molecule has 0 saturated carbocycles. The number of allylic oxidation sites excluding steroid dienone is 2. The van der Waals surface area contributed by atoms with Crippen molar-refractivity contribution >= 4 is 21.7 Å². The number of rotatable bonds is 11. The van der Waals surface area contributed by atoms with E-state index in [4.69, 9.17) is 5.73 Å². The molecule has 9 heteroatoms. The summed E-state index contributed by atoms with van der Waals surface area (Å²) < 4.78 is 23.5. The third kappa shape index (κ3) is 6.10. The van der Waals surface area contributed by atoms with E-state index in [1.54, 1.807) is 29.2 Å². The molecule has 4 unspecified atom stereocenters. The summed E-state index contributed by atoms with van der Waals surface area (Å²) in [6, 6.07) is 0.529. The maximum Gasteiger partial charge on any atom is 0.237 e. The van der Waals surface area contributed by atoms with E-state index in [2.05, 4.69) is 18.7 Å². The highest BCUT2D eigenvalue weighted by Gasteiger charge is 2.51. The molecule has 3 aliphatic rings. The fourth-order valence-electron chi connectivity index (χ4n) is 6.10. The second kappa shape index (κ2) is 10.9. The summed E-state index contributed by atoms with van der Waals surface area (Å²) in [5.74, 6) is -1.74. The van der Waals surface area contributed by atoms with Gasteiger partial charge in [-0.15, -0.1) is 0 Å². The Kier molecular flexibility index (Phi) is 8.63. The van der Waals surface area contributed by atoms with Gasteiger partial charge >= 0.3 is 0 Å². The zero-order valence-electron chi connectivity index (χ0n) is 20.7. The average Bonchev–Trinajstić information content (AvgIpc) is 2.99. The molecule has 2 amide bonds. The predicted molar refractivity (Wildman–Crippen MR) is 133 cm³/mol. The third-order valence-electron chi connectivity index (χ3n) is 8.12. The molecule has 2 heterocycles. The van der Waals surface area contributed by atoms with Crippen LogP contribution >= 0.6 is 0 Å². The van der Waals surface area contributed by atoms with Gasteiger partial charge in [-0.3, -0.25) is 14.5 Å². The highest BCUT2D eigenvalue weighted by molar-refractivity contribution is 7.91. The monoisotopic (exact) mass is 495 g/mol. The smallest absolute Gasteiger partial charge is 0.237 e. The Morgan fingerprint density at radius 1 is 1.18 bits per heavy atom. The van der Waals surface area contributed by atoms with Crippen LogP contribution in [-0.2, 0) is 19.4 Å². The van der Waals surface area contributed by atoms with Crippen LogP contribution in [0.2, 0.25) is 0 Å². The summed E-state index contributed by atoms with van der Waals surface area (Å²) in [5, 5.41) is 11.5. The first-order chi connectivity index (χ1) is 16.0. The predicted octanol–water partition coefficient (Wildman–Crippen LogP) is 1.50. The first-order valence-electron chi connectivity index (χ1n) is 12.6. The molecule has 2 fully saturated rings. The highest BCUT2D eigenvalue weighted by Crippen LogP contribution is 2.46. The van der Waals surface area contributed by atoms with E-state index in [1.807, 2.05) is 0 Å². The fraction of sp³-hybridized carbons (Fsp3) is 0.760. The minimum atomic E-state index is -3.39. The summed E-state index contributed by atoms with van der Waals surface area (Å²) in [6.45, 7) is 5.95. The van der Waals surface area contributed by atoms with Gasteiger partial charge in [-0.25, -0.2) is 8.42 Å². The number of nitrogens with two attached hydrogens (primary N) is 1. The maximum absolute atomic E-state index is 12.8. The quantitative estimate of drug-likeness (QED) is 0.448. The van der Waals surface area contributed by atoms with Gasteiger partial charge in [0.05, 0.1) is 5.92 Å². The topological polar surface area (TPSA) is 121 Å². The molecular formula is C25H41N3O5S. The van der Waals surface area contributed by atoms with E-state index in [9.17, 15) is 23.1 Å². The Labute approximate surface area is 204 Å². The molecular weight excluding hydrogens is 454 g/mol. The first kappa shape index (κ1) is 26.9. The molecule has 0 aromatic carbocycles. The number of aliphatic hydroxyl groups is 1. The van der Waals surface area contributed by atoms with E-state index in [0.717, 1.165) is 44.8 Å². The molecule has 8 nitrogen and oxygen atoms in total. The Hall–Kier alpha value is -1.71. The molecule has 0 aromatic heterocycles. The lowest BCUT2D eigenvalue weighted by atomic mass is 9.69. The second-order valence-corrected chi connectivity index (χ2v) is 12.5. The van der Waals surface area contributed by atoms with Crippen molar-refractivity contribution in [1.29, 1.82) is 0 Å². The van der Waals surface area contributed by atoms with Gasteiger partial charge in [0.1, 0.15) is 11.4 Å². The van der Waals surface area contributed by atoms with Crippen LogP contribution < -0.4 is 5.73 Å². The Bertz CT molecular complexity index is 900. The molecule has 1 aliphatic carbocycles. The van der Waals surface area contributed by atoms with E-state index < -0.39 is 33.0 Å². The zero-order chi connectivity index (χ0) is 25.1. The fourth-order valence-corrected chi connectivity index (χ4v) is 6.73. The van der Waals surface area contributed by atoms with Gasteiger partial charge in [0.25, 0.3) is 0 Å². The number of primary amides is 1. The molecule has 0 spiro atoms. The van der Waals surface area contributed by atoms with Crippen LogP contribution in [0.15, 0.2) is 24.3 Å². The molecule has 192 valence electrons. The van der Waals surface area contributed by atoms with Crippen molar-refractivity contribution in [2.75, 3.05) is 31.6 Å². The summed E-state index contributed by atoms with van der Waals surface area (Å²) >= 11 is 0. The summed E-state index contributed by atoms with van der Waals surface area (Å²) in [4.78, 5) is 29.0. The number of carbonyl (C=O) groups excluding carboxylic acids is 2. The van der Waals surface area contributed by atoms with Gasteiger partial charge in [0, 0.05) is 38.0 Å². The third-order valence-corrected chi connectivity index (χ3v) is 8.89. The van der Waals surface area contributed by atoms with Gasteiger partial charge in [-0.1, -0.05) is 51.0 Å². The van der Waals surface area contributed by atoms with Gasteiger partial charge < -0.3 is 15.7 Å². The average molecular weight is 496 g/mol. The van der Waals surface area contributed by atoms with Gasteiger partial charge in [0.2, 0.25) is 11.8 Å². The minimum absolute atomic E-state index is 0.0625. The summed E-state index contributed by atoms with van der Waals surface area (Å²) in [7, 11) is -3.39. The molecule has 34 heavy (non-hydrogen) atoms. The van der Waals surface area contributed by atoms with E-state index in [-0.39, 0.29) is 23.9 Å². The van der Waals surface area contributed by atoms with Gasteiger partial charge in [-0.05, 0) is 37.5 Å². The number of nitrogens with zero attached hydrogens (tertiary/aromatic N) is 2. The van der Waals surface area contributed by atoms with Crippen LogP contribution in [0.25, 0.3) is 0 Å². The molecule has 2 bridgehead atoms. The Morgan fingerprint density at radius 2 is 1.79 bits per heavy atom. The molecule has 0 radical (unpaired) electrons. The van der Waals surface area contributed by atoms with Crippen LogP contribution in [0, 0.1) is 17.8 Å². The standard InChI is InChI=1S/C25H41N3O5S/c1-4-18(5-2)16-27(23(29)17-34(3,32)33)12-13-28-20-9-10-21(28)15-19(14-20)25(31)11-7-6-8-22(25)24(26)30/h6-8,11,18-22,31H,4-5,9-10,12-17H2,1-3H3,(H2,26,30). The summed E-state index contributed by atoms with van der Waals surface area (Å²) in [5.41, 5.74) is 4.34. The maximum atomic E-state index is 12.8. The van der Waals surface area contributed by atoms with E-state index in [1.165, 1.54) is 0 Å². The van der Waals surface area contributed by atoms with Crippen molar-refractivity contribution in [2.45, 2.75) is 70.1 Å². The van der Waals surface area contributed by atoms with Crippen LogP contribution in [0.4, 0.5) is 0 Å². The molecule has 3 rings (SSSR count). The van der Waals surface area contributed by atoms with Crippen molar-refractivity contribution in [1.82, 2.24) is 9.80 Å². The van der Waals surface area contributed by atoms with Crippen LogP contribution in [0.3, 0.4) is 0 Å². The first-order valence-corrected chi connectivity index (χ1v) is 14.6. The summed E-state index contributed by atoms with van der Waals surface area (Å²) in [6.07, 6.45) is 13.5. The van der Waals surface area contributed by atoms with Gasteiger partial charge in [0.15, 0.2) is 9.84 Å². The zero-order valence-corrected chi connectivity index (χ0v) is 21.5. The van der Waals surface area contributed by atoms with Crippen molar-refractivity contribution in [3.8, 4) is 0 Å². The second-order valence-electron chi connectivity index (χ2n) is 10.4. The van der Waals surface area contributed by atoms with Crippen LogP contribution in [0.5, 0.6) is 0 Å². The van der Waals surface area contributed by atoms with Crippen LogP contribution in [0.1, 0.15) is 52.4 Å². The van der Waals surface area contributed by atoms with Gasteiger partial charge in [-0.2, -0.15) is 0 Å². The van der Waals surface area contributed by atoms with E-state index >= 15 is 0 Å². The molecule has 2 saturated heterocycles. The number of amides is 2. The lowest BCUT2D eigenvalue weighted by Gasteiger charge is -2.47. The lowest BCUT2D eigenvalue weighted by molar-refractivity contribution is -0.131. The Morgan fingerprint density at radius 3 is 2.32 bits per heavy atom. The van der Waals surface area contributed by atoms with Crippen molar-refractivity contribution < 1.29 is 23.1 Å².